The third-order valence-electron chi connectivity index (χ3n) is 5.75. The van der Waals surface area contributed by atoms with Crippen molar-refractivity contribution < 1.29 is 22.8 Å². The van der Waals surface area contributed by atoms with Crippen molar-refractivity contribution in [2.75, 3.05) is 34.8 Å². The largest absolute Gasteiger partial charge is 0.408 e. The van der Waals surface area contributed by atoms with E-state index in [1.807, 2.05) is 24.1 Å². The van der Waals surface area contributed by atoms with Crippen LogP contribution in [-0.2, 0) is 0 Å². The van der Waals surface area contributed by atoms with Gasteiger partial charge in [-0.1, -0.05) is 0 Å². The lowest BCUT2D eigenvalue weighted by Gasteiger charge is -2.25. The number of fused-ring (bicyclic) bond motifs is 2. The van der Waals surface area contributed by atoms with Gasteiger partial charge in [-0.3, -0.25) is 20.1 Å². The van der Waals surface area contributed by atoms with Gasteiger partial charge in [0.25, 0.3) is 5.91 Å². The molecular formula is C22H25F3N8O2. The summed E-state index contributed by atoms with van der Waals surface area (Å²) < 4.78 is 38.7. The number of aromatic nitrogens is 4. The second kappa shape index (κ2) is 9.39. The molecule has 0 spiro atoms. The summed E-state index contributed by atoms with van der Waals surface area (Å²) in [6, 6.07) is 3.95. The number of aryl methyl sites for hydroxylation is 1. The quantitative estimate of drug-likeness (QED) is 0.514. The van der Waals surface area contributed by atoms with Gasteiger partial charge < -0.3 is 10.2 Å². The third kappa shape index (κ3) is 4.98. The van der Waals surface area contributed by atoms with Crippen LogP contribution in [0.2, 0.25) is 0 Å². The number of H-pyrrole nitrogens is 1. The van der Waals surface area contributed by atoms with E-state index in [1.165, 1.54) is 11.0 Å². The van der Waals surface area contributed by atoms with Crippen LogP contribution in [0.1, 0.15) is 36.5 Å². The molecular weight excluding hydrogens is 465 g/mol. The Balaban J connectivity index is 1.66. The van der Waals surface area contributed by atoms with E-state index in [9.17, 15) is 22.8 Å². The molecule has 3 amide bonds. The van der Waals surface area contributed by atoms with Gasteiger partial charge in [-0.25, -0.2) is 14.8 Å². The van der Waals surface area contributed by atoms with E-state index in [0.717, 1.165) is 12.6 Å². The topological polar surface area (TPSA) is 119 Å². The van der Waals surface area contributed by atoms with Crippen molar-refractivity contribution >= 4 is 40.3 Å². The molecule has 3 aromatic rings. The zero-order chi connectivity index (χ0) is 25.3. The van der Waals surface area contributed by atoms with E-state index in [1.54, 1.807) is 18.2 Å². The first kappa shape index (κ1) is 24.2. The fraction of sp³-hybridized carbons (Fsp3) is 0.409. The van der Waals surface area contributed by atoms with Gasteiger partial charge in [-0.05, 0) is 51.5 Å². The number of nitrogens with zero attached hydrogens (tertiary/aromatic N) is 5. The number of pyridine rings is 2. The van der Waals surface area contributed by atoms with Crippen molar-refractivity contribution in [2.45, 2.75) is 39.4 Å². The maximum absolute atomic E-state index is 13.3. The molecule has 3 N–H and O–H groups in total. The predicted molar refractivity (Wildman–Crippen MR) is 125 cm³/mol. The van der Waals surface area contributed by atoms with E-state index >= 15 is 0 Å². The molecule has 35 heavy (non-hydrogen) atoms. The average Bonchev–Trinajstić information content (AvgIpc) is 3.09. The first-order valence-electron chi connectivity index (χ1n) is 11.1. The number of carbonyl (C=O) groups excluding carboxylic acids is 2. The minimum absolute atomic E-state index is 0.183. The number of alkyl halides is 3. The number of urea groups is 1. The monoisotopic (exact) mass is 490 g/mol. The molecule has 0 bridgehead atoms. The van der Waals surface area contributed by atoms with Crippen LogP contribution in [0.25, 0.3) is 11.0 Å². The van der Waals surface area contributed by atoms with Crippen LogP contribution in [0.15, 0.2) is 24.3 Å². The smallest absolute Gasteiger partial charge is 0.369 e. The standard InChI is InChI=1S/C22H25F3N8O2/c1-4-32-10-5-11-33(21(35)29-18-14-7-6-12(2)26-17(14)30-31-18)19-16(32)9-8-15(28-19)20(34)27-13(3)22(23,24)25/h6-9,13H,4-5,10-11H2,1-3H3,(H,27,34)(H2,26,29,30,31,35)/t13-/m1/s1. The summed E-state index contributed by atoms with van der Waals surface area (Å²) in [5.41, 5.74) is 1.69. The highest BCUT2D eigenvalue weighted by atomic mass is 19.4. The number of rotatable bonds is 4. The van der Waals surface area contributed by atoms with E-state index in [2.05, 4.69) is 25.5 Å². The van der Waals surface area contributed by atoms with Gasteiger partial charge in [0.2, 0.25) is 0 Å². The van der Waals surface area contributed by atoms with Crippen LogP contribution >= 0.6 is 0 Å². The minimum atomic E-state index is -4.59. The van der Waals surface area contributed by atoms with Crippen LogP contribution in [0.5, 0.6) is 0 Å². The van der Waals surface area contributed by atoms with Crippen molar-refractivity contribution in [3.63, 3.8) is 0 Å². The Morgan fingerprint density at radius 1 is 1.17 bits per heavy atom. The van der Waals surface area contributed by atoms with E-state index in [4.69, 9.17) is 0 Å². The predicted octanol–water partition coefficient (Wildman–Crippen LogP) is 3.61. The highest BCUT2D eigenvalue weighted by Crippen LogP contribution is 2.32. The molecule has 4 rings (SSSR count). The first-order chi connectivity index (χ1) is 16.6. The van der Waals surface area contributed by atoms with Crippen LogP contribution in [0.3, 0.4) is 0 Å². The molecule has 13 heteroatoms. The van der Waals surface area contributed by atoms with Crippen LogP contribution < -0.4 is 20.4 Å². The second-order valence-corrected chi connectivity index (χ2v) is 8.21. The van der Waals surface area contributed by atoms with Crippen molar-refractivity contribution in [1.29, 1.82) is 0 Å². The van der Waals surface area contributed by atoms with Gasteiger partial charge in [-0.15, -0.1) is 0 Å². The number of halogens is 3. The van der Waals surface area contributed by atoms with Gasteiger partial charge in [0.15, 0.2) is 17.3 Å². The number of carbonyl (C=O) groups is 2. The number of nitrogens with one attached hydrogen (secondary N) is 3. The summed E-state index contributed by atoms with van der Waals surface area (Å²) in [7, 11) is 0. The lowest BCUT2D eigenvalue weighted by Crippen LogP contribution is -2.43. The molecule has 1 aliphatic rings. The average molecular weight is 490 g/mol. The Morgan fingerprint density at radius 3 is 2.66 bits per heavy atom. The van der Waals surface area contributed by atoms with Gasteiger partial charge in [0.05, 0.1) is 11.1 Å². The summed E-state index contributed by atoms with van der Waals surface area (Å²) in [5.74, 6) is -0.517. The summed E-state index contributed by atoms with van der Waals surface area (Å²) >= 11 is 0. The lowest BCUT2D eigenvalue weighted by molar-refractivity contribution is -0.149. The molecule has 0 saturated carbocycles. The van der Waals surface area contributed by atoms with E-state index in [-0.39, 0.29) is 23.9 Å². The van der Waals surface area contributed by atoms with Crippen LogP contribution in [0.4, 0.5) is 35.3 Å². The van der Waals surface area contributed by atoms with Crippen LogP contribution in [0, 0.1) is 6.92 Å². The molecule has 1 atom stereocenters. The zero-order valence-corrected chi connectivity index (χ0v) is 19.4. The molecule has 4 heterocycles. The van der Waals surface area contributed by atoms with Gasteiger partial charge in [-0.2, -0.15) is 18.3 Å². The summed E-state index contributed by atoms with van der Waals surface area (Å²) in [5, 5.41) is 12.2. The number of hydrogen-bond donors (Lipinski definition) is 3. The molecule has 0 aliphatic carbocycles. The van der Waals surface area contributed by atoms with Crippen molar-refractivity contribution in [1.82, 2.24) is 25.5 Å². The normalized spacial score (nSPS) is 14.9. The summed E-state index contributed by atoms with van der Waals surface area (Å²) in [6.07, 6.45) is -3.97. The molecule has 3 aromatic heterocycles. The Bertz CT molecular complexity index is 1260. The highest BCUT2D eigenvalue weighted by molar-refractivity contribution is 6.07. The van der Waals surface area contributed by atoms with Gasteiger partial charge in [0, 0.05) is 25.3 Å². The molecule has 186 valence electrons. The second-order valence-electron chi connectivity index (χ2n) is 8.21. The molecule has 1 aliphatic heterocycles. The number of amides is 3. The van der Waals surface area contributed by atoms with Gasteiger partial charge in [0.1, 0.15) is 11.7 Å². The Labute approximate surface area is 198 Å². The maximum Gasteiger partial charge on any atom is 0.408 e. The summed E-state index contributed by atoms with van der Waals surface area (Å²) in [6.45, 7) is 6.17. The fourth-order valence-electron chi connectivity index (χ4n) is 3.80. The Morgan fingerprint density at radius 2 is 1.94 bits per heavy atom. The van der Waals surface area contributed by atoms with Crippen molar-refractivity contribution in [2.24, 2.45) is 0 Å². The molecule has 0 aromatic carbocycles. The van der Waals surface area contributed by atoms with Crippen LogP contribution in [-0.4, -0.2) is 64.0 Å². The lowest BCUT2D eigenvalue weighted by atomic mass is 10.2. The Hall–Kier alpha value is -3.90. The maximum atomic E-state index is 13.3. The molecule has 0 unspecified atom stereocenters. The minimum Gasteiger partial charge on any atom is -0.369 e. The number of hydrogen-bond acceptors (Lipinski definition) is 6. The molecule has 0 radical (unpaired) electrons. The molecule has 0 fully saturated rings. The SMILES string of the molecule is CCN1CCCN(C(=O)Nc2n[nH]c3nc(C)ccc23)c2nc(C(=O)N[C@H](C)C(F)(F)F)ccc21. The highest BCUT2D eigenvalue weighted by Gasteiger charge is 2.37. The number of aromatic amines is 1. The fourth-order valence-corrected chi connectivity index (χ4v) is 3.80. The van der Waals surface area contributed by atoms with E-state index < -0.39 is 24.2 Å². The van der Waals surface area contributed by atoms with Crippen molar-refractivity contribution in [3.8, 4) is 0 Å². The number of anilines is 3. The molecule has 0 saturated heterocycles. The molecule has 10 nitrogen and oxygen atoms in total. The zero-order valence-electron chi connectivity index (χ0n) is 19.4. The summed E-state index contributed by atoms with van der Waals surface area (Å²) in [4.78, 5) is 37.8. The third-order valence-corrected chi connectivity index (χ3v) is 5.75. The Kier molecular flexibility index (Phi) is 6.50. The van der Waals surface area contributed by atoms with Gasteiger partial charge >= 0.3 is 12.2 Å². The van der Waals surface area contributed by atoms with E-state index in [0.29, 0.717) is 36.2 Å². The first-order valence-corrected chi connectivity index (χ1v) is 11.1. The van der Waals surface area contributed by atoms with Crippen molar-refractivity contribution in [3.05, 3.63) is 35.7 Å².